The number of hydrogen-bond acceptors (Lipinski definition) is 3. The first-order valence-corrected chi connectivity index (χ1v) is 14.3. The molecule has 45 heavy (non-hydrogen) atoms. The molecule has 0 radical (unpaired) electrons. The summed E-state index contributed by atoms with van der Waals surface area (Å²) in [7, 11) is 0. The molecule has 238 valence electrons. The highest BCUT2D eigenvalue weighted by molar-refractivity contribution is 5.65. The van der Waals surface area contributed by atoms with Crippen LogP contribution in [0.3, 0.4) is 0 Å². The monoisotopic (exact) mass is 636 g/mol. The molecule has 4 aromatic rings. The van der Waals surface area contributed by atoms with Gasteiger partial charge in [-0.3, -0.25) is 0 Å². The first-order valence-electron chi connectivity index (χ1n) is 14.3. The number of halogens is 8. The summed E-state index contributed by atoms with van der Waals surface area (Å²) < 4.78 is 131. The number of hydrogen-bond donors (Lipinski definition) is 0. The summed E-state index contributed by atoms with van der Waals surface area (Å²) in [6.45, 7) is 1.10. The lowest BCUT2D eigenvalue weighted by atomic mass is 9.99. The van der Waals surface area contributed by atoms with Crippen molar-refractivity contribution >= 4 is 0 Å². The number of benzene rings is 4. The average Bonchev–Trinajstić information content (AvgIpc) is 2.99. The van der Waals surface area contributed by atoms with Crippen molar-refractivity contribution in [2.24, 2.45) is 0 Å². The van der Waals surface area contributed by atoms with Gasteiger partial charge in [0.2, 0.25) is 0 Å². The Morgan fingerprint density at radius 1 is 0.689 bits per heavy atom. The third kappa shape index (κ3) is 7.37. The van der Waals surface area contributed by atoms with Gasteiger partial charge in [0.1, 0.15) is 29.1 Å². The smallest absolute Gasteiger partial charge is 0.346 e. The van der Waals surface area contributed by atoms with Crippen molar-refractivity contribution in [3.8, 4) is 22.3 Å². The normalized spacial score (nSPS) is 17.1. The standard InChI is InChI=1S/C34H28F8O3/c1-2-3-4-5-19-6-8-20(9-7-19)22-13-27(36)31(28(37)14-22)34(41,42)45-24-17-43-33(44-18-24)21-10-11-25(26(35)12-21)23-15-29(38)32(40)30(39)16-23/h6-16,24,33H,2-5,17-18H2,1H3. The maximum atomic E-state index is 15.0. The lowest BCUT2D eigenvalue weighted by Gasteiger charge is -2.32. The Balaban J connectivity index is 1.22. The van der Waals surface area contributed by atoms with E-state index in [2.05, 4.69) is 6.92 Å². The van der Waals surface area contributed by atoms with Gasteiger partial charge in [0.05, 0.1) is 13.2 Å². The summed E-state index contributed by atoms with van der Waals surface area (Å²) >= 11 is 0. The molecule has 1 aliphatic heterocycles. The Morgan fingerprint density at radius 3 is 1.87 bits per heavy atom. The van der Waals surface area contributed by atoms with E-state index < -0.39 is 72.2 Å². The van der Waals surface area contributed by atoms with Crippen LogP contribution in [0.25, 0.3) is 22.3 Å². The third-order valence-electron chi connectivity index (χ3n) is 7.43. The van der Waals surface area contributed by atoms with Crippen molar-refractivity contribution in [1.82, 2.24) is 0 Å². The van der Waals surface area contributed by atoms with E-state index >= 15 is 8.78 Å². The minimum absolute atomic E-state index is 0.0878. The van der Waals surface area contributed by atoms with Crippen LogP contribution in [0.4, 0.5) is 35.1 Å². The fourth-order valence-corrected chi connectivity index (χ4v) is 5.10. The fourth-order valence-electron chi connectivity index (χ4n) is 5.10. The summed E-state index contributed by atoms with van der Waals surface area (Å²) in [5, 5.41) is 0. The van der Waals surface area contributed by atoms with Gasteiger partial charge < -0.3 is 14.2 Å². The largest absolute Gasteiger partial charge is 0.389 e. The highest BCUT2D eigenvalue weighted by Gasteiger charge is 2.43. The van der Waals surface area contributed by atoms with E-state index in [1.165, 1.54) is 6.07 Å². The number of alkyl halides is 2. The molecule has 1 saturated heterocycles. The molecular weight excluding hydrogens is 608 g/mol. The fraction of sp³-hybridized carbons (Fsp3) is 0.294. The second kappa shape index (κ2) is 13.7. The molecule has 0 aliphatic carbocycles. The lowest BCUT2D eigenvalue weighted by molar-refractivity contribution is -0.322. The van der Waals surface area contributed by atoms with Crippen molar-refractivity contribution in [2.75, 3.05) is 13.2 Å². The Hall–Kier alpha value is -3.80. The van der Waals surface area contributed by atoms with Gasteiger partial charge >= 0.3 is 6.11 Å². The Kier molecular flexibility index (Phi) is 9.91. The van der Waals surface area contributed by atoms with Crippen LogP contribution in [0.1, 0.15) is 49.2 Å². The molecule has 1 heterocycles. The van der Waals surface area contributed by atoms with Gasteiger partial charge in [-0.1, -0.05) is 56.2 Å². The molecule has 5 rings (SSSR count). The van der Waals surface area contributed by atoms with Gasteiger partial charge in [0.15, 0.2) is 23.7 Å². The molecule has 0 amide bonds. The van der Waals surface area contributed by atoms with Crippen LogP contribution < -0.4 is 0 Å². The predicted molar refractivity (Wildman–Crippen MR) is 150 cm³/mol. The van der Waals surface area contributed by atoms with E-state index in [0.29, 0.717) is 17.7 Å². The first-order chi connectivity index (χ1) is 21.5. The zero-order valence-electron chi connectivity index (χ0n) is 24.0. The number of ether oxygens (including phenoxy) is 3. The van der Waals surface area contributed by atoms with E-state index in [1.54, 1.807) is 12.1 Å². The number of unbranched alkanes of at least 4 members (excludes halogenated alkanes) is 2. The summed E-state index contributed by atoms with van der Waals surface area (Å²) in [4.78, 5) is 0. The van der Waals surface area contributed by atoms with Crippen LogP contribution >= 0.6 is 0 Å². The van der Waals surface area contributed by atoms with Crippen molar-refractivity contribution < 1.29 is 49.3 Å². The van der Waals surface area contributed by atoms with E-state index in [4.69, 9.17) is 14.2 Å². The zero-order valence-corrected chi connectivity index (χ0v) is 24.0. The molecule has 0 spiro atoms. The number of rotatable bonds is 10. The van der Waals surface area contributed by atoms with Crippen LogP contribution in [-0.4, -0.2) is 19.3 Å². The molecule has 1 aliphatic rings. The highest BCUT2D eigenvalue weighted by atomic mass is 19.3. The van der Waals surface area contributed by atoms with Gasteiger partial charge in [-0.2, -0.15) is 8.78 Å². The Bertz CT molecular complexity index is 1600. The summed E-state index contributed by atoms with van der Waals surface area (Å²) in [5.74, 6) is -8.60. The molecule has 0 N–H and O–H groups in total. The molecule has 0 atom stereocenters. The topological polar surface area (TPSA) is 27.7 Å². The highest BCUT2D eigenvalue weighted by Crippen LogP contribution is 2.38. The zero-order chi connectivity index (χ0) is 32.3. The van der Waals surface area contributed by atoms with Crippen LogP contribution in [0.15, 0.2) is 66.7 Å². The van der Waals surface area contributed by atoms with Crippen molar-refractivity contribution in [1.29, 1.82) is 0 Å². The van der Waals surface area contributed by atoms with Crippen molar-refractivity contribution in [3.05, 3.63) is 118 Å². The van der Waals surface area contributed by atoms with Gasteiger partial charge in [0, 0.05) is 11.1 Å². The average molecular weight is 637 g/mol. The van der Waals surface area contributed by atoms with Gasteiger partial charge in [-0.15, -0.1) is 0 Å². The molecule has 0 aromatic heterocycles. The second-order valence-electron chi connectivity index (χ2n) is 10.7. The Labute approximate surface area is 254 Å². The van der Waals surface area contributed by atoms with Crippen LogP contribution in [-0.2, 0) is 26.7 Å². The van der Waals surface area contributed by atoms with E-state index in [1.807, 2.05) is 12.1 Å². The van der Waals surface area contributed by atoms with Crippen LogP contribution in [0, 0.1) is 34.9 Å². The molecule has 0 unspecified atom stereocenters. The van der Waals surface area contributed by atoms with Crippen molar-refractivity contribution in [2.45, 2.75) is 51.1 Å². The van der Waals surface area contributed by atoms with E-state index in [-0.39, 0.29) is 22.3 Å². The number of aryl methyl sites for hydroxylation is 1. The lowest BCUT2D eigenvalue weighted by Crippen LogP contribution is -2.38. The second-order valence-corrected chi connectivity index (χ2v) is 10.7. The van der Waals surface area contributed by atoms with Crippen LogP contribution in [0.5, 0.6) is 0 Å². The maximum absolute atomic E-state index is 15.0. The molecule has 0 saturated carbocycles. The van der Waals surface area contributed by atoms with Gasteiger partial charge in [-0.05, 0) is 65.4 Å². The third-order valence-corrected chi connectivity index (χ3v) is 7.43. The molecule has 11 heteroatoms. The molecule has 4 aromatic carbocycles. The first kappa shape index (κ1) is 32.6. The molecular formula is C34H28F8O3. The molecule has 0 bridgehead atoms. The van der Waals surface area contributed by atoms with Gasteiger partial charge in [0.25, 0.3) is 0 Å². The van der Waals surface area contributed by atoms with Gasteiger partial charge in [-0.25, -0.2) is 26.3 Å². The van der Waals surface area contributed by atoms with Crippen molar-refractivity contribution in [3.63, 3.8) is 0 Å². The maximum Gasteiger partial charge on any atom is 0.389 e. The van der Waals surface area contributed by atoms with E-state index in [9.17, 15) is 26.3 Å². The predicted octanol–water partition coefficient (Wildman–Crippen LogP) is 9.77. The summed E-state index contributed by atoms with van der Waals surface area (Å²) in [5.41, 5.74) is -0.330. The summed E-state index contributed by atoms with van der Waals surface area (Å²) in [6, 6.07) is 13.4. The minimum Gasteiger partial charge on any atom is -0.346 e. The SMILES string of the molecule is CCCCCc1ccc(-c2cc(F)c(C(F)(F)OC3COC(c4ccc(-c5cc(F)c(F)c(F)c5)c(F)c4)OC3)c(F)c2)cc1. The minimum atomic E-state index is -4.38. The van der Waals surface area contributed by atoms with Crippen LogP contribution in [0.2, 0.25) is 0 Å². The molecule has 3 nitrogen and oxygen atoms in total. The van der Waals surface area contributed by atoms with E-state index in [0.717, 1.165) is 55.5 Å². The molecule has 1 fully saturated rings. The Morgan fingerprint density at radius 2 is 1.29 bits per heavy atom. The summed E-state index contributed by atoms with van der Waals surface area (Å²) in [6.07, 6.45) is -3.02. The quantitative estimate of drug-likeness (QED) is 0.0986.